The van der Waals surface area contributed by atoms with Crippen LogP contribution in [0.5, 0.6) is 0 Å². The monoisotopic (exact) mass is 457 g/mol. The van der Waals surface area contributed by atoms with Crippen molar-refractivity contribution in [3.63, 3.8) is 0 Å². The summed E-state index contributed by atoms with van der Waals surface area (Å²) < 4.78 is 15.7. The van der Waals surface area contributed by atoms with E-state index in [0.717, 1.165) is 34.0 Å². The summed E-state index contributed by atoms with van der Waals surface area (Å²) in [5.41, 5.74) is 6.11. The van der Waals surface area contributed by atoms with Gasteiger partial charge in [0, 0.05) is 29.5 Å². The average Bonchev–Trinajstić information content (AvgIpc) is 3.31. The van der Waals surface area contributed by atoms with E-state index in [0.29, 0.717) is 11.7 Å². The Morgan fingerprint density at radius 2 is 1.70 bits per heavy atom. The van der Waals surface area contributed by atoms with E-state index < -0.39 is 0 Å². The van der Waals surface area contributed by atoms with Crippen LogP contribution in [-0.2, 0) is 6.54 Å². The van der Waals surface area contributed by atoms with Crippen LogP contribution >= 0.6 is 12.2 Å². The zero-order valence-electron chi connectivity index (χ0n) is 18.4. The zero-order valence-corrected chi connectivity index (χ0v) is 19.3. The number of pyridine rings is 2. The van der Waals surface area contributed by atoms with Crippen LogP contribution in [0, 0.1) is 19.7 Å². The van der Waals surface area contributed by atoms with Crippen LogP contribution in [-0.4, -0.2) is 24.5 Å². The van der Waals surface area contributed by atoms with Crippen molar-refractivity contribution < 1.29 is 4.39 Å². The lowest BCUT2D eigenvalue weighted by Gasteiger charge is -2.28. The average molecular weight is 458 g/mol. The van der Waals surface area contributed by atoms with Crippen LogP contribution in [0.4, 0.5) is 4.39 Å². The standard InChI is InChI=1S/C26H24FN5S/c1-17-15-22(18(2)32(17)21-11-9-19(27)10-12-21)25-24(23-8-4-6-14-29-23)30-26(33)31(25)16-20-7-3-5-13-28-20/h3-15,24-25H,16H2,1-2H3,(H,30,33)/t24-,25+/m0/s1. The number of halogens is 1. The van der Waals surface area contributed by atoms with Gasteiger partial charge in [0.25, 0.3) is 0 Å². The minimum absolute atomic E-state index is 0.0743. The molecule has 0 spiro atoms. The molecular formula is C26H24FN5S. The summed E-state index contributed by atoms with van der Waals surface area (Å²) in [6, 6.07) is 20.4. The lowest BCUT2D eigenvalue weighted by atomic mass is 9.96. The Labute approximate surface area is 197 Å². The van der Waals surface area contributed by atoms with Crippen LogP contribution in [0.1, 0.15) is 40.4 Å². The largest absolute Gasteiger partial charge is 0.352 e. The highest BCUT2D eigenvalue weighted by Gasteiger charge is 2.41. The number of hydrogen-bond acceptors (Lipinski definition) is 3. The number of thiocarbonyl (C=S) groups is 1. The smallest absolute Gasteiger partial charge is 0.170 e. The molecule has 0 radical (unpaired) electrons. The summed E-state index contributed by atoms with van der Waals surface area (Å²) in [6.07, 6.45) is 3.61. The maximum atomic E-state index is 13.5. The molecule has 3 aromatic heterocycles. The lowest BCUT2D eigenvalue weighted by Crippen LogP contribution is -2.29. The molecular weight excluding hydrogens is 433 g/mol. The van der Waals surface area contributed by atoms with Gasteiger partial charge in [-0.3, -0.25) is 9.97 Å². The molecule has 1 N–H and O–H groups in total. The Kier molecular flexibility index (Phi) is 5.64. The number of aromatic nitrogens is 3. The Bertz CT molecular complexity index is 1270. The van der Waals surface area contributed by atoms with Crippen molar-refractivity contribution in [2.24, 2.45) is 0 Å². The van der Waals surface area contributed by atoms with Gasteiger partial charge in [0.1, 0.15) is 5.82 Å². The third kappa shape index (κ3) is 4.00. The van der Waals surface area contributed by atoms with Crippen molar-refractivity contribution in [2.45, 2.75) is 32.5 Å². The lowest BCUT2D eigenvalue weighted by molar-refractivity contribution is 0.307. The minimum Gasteiger partial charge on any atom is -0.352 e. The number of rotatable bonds is 5. The van der Waals surface area contributed by atoms with Crippen molar-refractivity contribution in [1.29, 1.82) is 0 Å². The zero-order chi connectivity index (χ0) is 22.9. The summed E-state index contributed by atoms with van der Waals surface area (Å²) in [7, 11) is 0. The molecule has 5 nitrogen and oxygen atoms in total. The van der Waals surface area contributed by atoms with Gasteiger partial charge in [-0.15, -0.1) is 0 Å². The summed E-state index contributed by atoms with van der Waals surface area (Å²) in [6.45, 7) is 4.75. The van der Waals surface area contributed by atoms with Crippen molar-refractivity contribution in [3.8, 4) is 5.69 Å². The molecule has 1 aliphatic rings. The fraction of sp³-hybridized carbons (Fsp3) is 0.192. The number of nitrogens with one attached hydrogen (secondary N) is 1. The normalized spacial score (nSPS) is 17.9. The maximum Gasteiger partial charge on any atom is 0.170 e. The van der Waals surface area contributed by atoms with Gasteiger partial charge in [-0.25, -0.2) is 4.39 Å². The van der Waals surface area contributed by atoms with Crippen LogP contribution in [0.2, 0.25) is 0 Å². The van der Waals surface area contributed by atoms with Gasteiger partial charge in [0.15, 0.2) is 5.11 Å². The van der Waals surface area contributed by atoms with Crippen LogP contribution in [0.15, 0.2) is 79.1 Å². The summed E-state index contributed by atoms with van der Waals surface area (Å²) in [5, 5.41) is 4.17. The van der Waals surface area contributed by atoms with E-state index in [9.17, 15) is 4.39 Å². The molecule has 1 aliphatic heterocycles. The van der Waals surface area contributed by atoms with Crippen molar-refractivity contribution in [3.05, 3.63) is 113 Å². The van der Waals surface area contributed by atoms with Gasteiger partial charge in [0.2, 0.25) is 0 Å². The number of benzene rings is 1. The fourth-order valence-corrected chi connectivity index (χ4v) is 4.96. The van der Waals surface area contributed by atoms with Crippen molar-refractivity contribution in [1.82, 2.24) is 24.8 Å². The first kappa shape index (κ1) is 21.3. The molecule has 0 aliphatic carbocycles. The van der Waals surface area contributed by atoms with Crippen LogP contribution in [0.3, 0.4) is 0 Å². The molecule has 33 heavy (non-hydrogen) atoms. The molecule has 0 unspecified atom stereocenters. The predicted molar refractivity (Wildman–Crippen MR) is 130 cm³/mol. The summed E-state index contributed by atoms with van der Waals surface area (Å²) >= 11 is 5.80. The van der Waals surface area contributed by atoms with Gasteiger partial charge < -0.3 is 14.8 Å². The fourth-order valence-electron chi connectivity index (χ4n) is 4.66. The van der Waals surface area contributed by atoms with Crippen molar-refractivity contribution >= 4 is 17.3 Å². The molecule has 0 amide bonds. The third-order valence-corrected chi connectivity index (χ3v) is 6.48. The summed E-state index contributed by atoms with van der Waals surface area (Å²) in [4.78, 5) is 11.3. The molecule has 5 rings (SSSR count). The first-order valence-corrected chi connectivity index (χ1v) is 11.3. The highest BCUT2D eigenvalue weighted by molar-refractivity contribution is 7.80. The highest BCUT2D eigenvalue weighted by atomic mass is 32.1. The Balaban J connectivity index is 1.61. The topological polar surface area (TPSA) is 46.0 Å². The third-order valence-electron chi connectivity index (χ3n) is 6.13. The molecule has 0 bridgehead atoms. The van der Waals surface area contributed by atoms with Gasteiger partial charge in [-0.2, -0.15) is 0 Å². The second kappa shape index (κ2) is 8.75. The highest BCUT2D eigenvalue weighted by Crippen LogP contribution is 2.42. The molecule has 7 heteroatoms. The van der Waals surface area contributed by atoms with E-state index in [-0.39, 0.29) is 17.9 Å². The second-order valence-corrected chi connectivity index (χ2v) is 8.60. The summed E-state index contributed by atoms with van der Waals surface area (Å²) in [5.74, 6) is -0.247. The molecule has 1 aromatic carbocycles. The molecule has 2 atom stereocenters. The van der Waals surface area contributed by atoms with Crippen molar-refractivity contribution in [2.75, 3.05) is 0 Å². The molecule has 166 valence electrons. The van der Waals surface area contributed by atoms with Gasteiger partial charge >= 0.3 is 0 Å². The predicted octanol–water partition coefficient (Wildman–Crippen LogP) is 5.20. The first-order valence-electron chi connectivity index (χ1n) is 10.9. The Morgan fingerprint density at radius 1 is 0.970 bits per heavy atom. The van der Waals surface area contributed by atoms with Gasteiger partial charge in [0.05, 0.1) is 30.0 Å². The molecule has 0 saturated carbocycles. The van der Waals surface area contributed by atoms with Gasteiger partial charge in [-0.1, -0.05) is 12.1 Å². The minimum atomic E-state index is -0.247. The van der Waals surface area contributed by atoms with E-state index in [1.807, 2.05) is 36.4 Å². The quantitative estimate of drug-likeness (QED) is 0.418. The molecule has 1 saturated heterocycles. The van der Waals surface area contributed by atoms with Gasteiger partial charge in [-0.05, 0) is 86.2 Å². The number of aryl methyl sites for hydroxylation is 1. The second-order valence-electron chi connectivity index (χ2n) is 8.21. The maximum absolute atomic E-state index is 13.5. The molecule has 4 heterocycles. The van der Waals surface area contributed by atoms with E-state index in [1.54, 1.807) is 24.5 Å². The molecule has 4 aromatic rings. The van der Waals surface area contributed by atoms with Crippen LogP contribution in [0.25, 0.3) is 5.69 Å². The first-order chi connectivity index (χ1) is 16.0. The van der Waals surface area contributed by atoms with E-state index >= 15 is 0 Å². The Hall–Kier alpha value is -3.58. The SMILES string of the molecule is Cc1cc([C@@H]2[C@H](c3ccccn3)NC(=S)N2Cc2ccccn2)c(C)n1-c1ccc(F)cc1. The van der Waals surface area contributed by atoms with E-state index in [2.05, 4.69) is 44.7 Å². The van der Waals surface area contributed by atoms with E-state index in [1.165, 1.54) is 12.1 Å². The van der Waals surface area contributed by atoms with E-state index in [4.69, 9.17) is 12.2 Å². The molecule has 1 fully saturated rings. The van der Waals surface area contributed by atoms with Crippen LogP contribution < -0.4 is 5.32 Å². The number of nitrogens with zero attached hydrogens (tertiary/aromatic N) is 4. The Morgan fingerprint density at radius 3 is 2.36 bits per heavy atom. The number of hydrogen-bond donors (Lipinski definition) is 1.